The minimum absolute atomic E-state index is 0.0425. The molecule has 0 radical (unpaired) electrons. The highest BCUT2D eigenvalue weighted by Gasteiger charge is 2.32. The second-order valence-electron chi connectivity index (χ2n) is 8.61. The Kier molecular flexibility index (Phi) is 7.69. The van der Waals surface area contributed by atoms with Gasteiger partial charge in [-0.05, 0) is 54.7 Å². The van der Waals surface area contributed by atoms with Crippen molar-refractivity contribution in [2.24, 2.45) is 0 Å². The molecule has 8 nitrogen and oxygen atoms in total. The lowest BCUT2D eigenvalue weighted by molar-refractivity contribution is -0.121. The monoisotopic (exact) mass is 454 g/mol. The molecule has 2 aliphatic heterocycles. The molecule has 2 aromatic rings. The van der Waals surface area contributed by atoms with Gasteiger partial charge in [-0.2, -0.15) is 0 Å². The molecule has 2 heterocycles. The number of hydrogen-bond donors (Lipinski definition) is 3. The van der Waals surface area contributed by atoms with Gasteiger partial charge in [0, 0.05) is 25.2 Å². The lowest BCUT2D eigenvalue weighted by Gasteiger charge is -2.35. The number of carbonyl (C=O) groups excluding carboxylic acids is 1. The fraction of sp³-hybridized carbons (Fsp3) is 0.480. The molecule has 8 heteroatoms. The van der Waals surface area contributed by atoms with Crippen molar-refractivity contribution >= 4 is 5.91 Å². The van der Waals surface area contributed by atoms with Crippen LogP contribution in [0.1, 0.15) is 36.4 Å². The first-order valence-electron chi connectivity index (χ1n) is 11.5. The van der Waals surface area contributed by atoms with Crippen LogP contribution >= 0.6 is 0 Å². The van der Waals surface area contributed by atoms with Crippen molar-refractivity contribution in [1.29, 1.82) is 0 Å². The van der Waals surface area contributed by atoms with Crippen LogP contribution in [-0.4, -0.2) is 57.4 Å². The van der Waals surface area contributed by atoms with E-state index in [0.29, 0.717) is 24.1 Å². The lowest BCUT2D eigenvalue weighted by Crippen LogP contribution is -2.51. The topological polar surface area (TPSA) is 84.1 Å². The maximum absolute atomic E-state index is 12.6. The molecule has 0 aliphatic carbocycles. The maximum atomic E-state index is 12.6. The van der Waals surface area contributed by atoms with Gasteiger partial charge in [-0.3, -0.25) is 9.69 Å². The van der Waals surface area contributed by atoms with Gasteiger partial charge in [0.15, 0.2) is 11.5 Å². The molecule has 178 valence electrons. The third-order valence-electron chi connectivity index (χ3n) is 6.55. The fourth-order valence-electron chi connectivity index (χ4n) is 4.64. The number of likely N-dealkylation sites (tertiary alicyclic amines) is 1. The minimum atomic E-state index is 0.0425. The first-order chi connectivity index (χ1) is 16.1. The Balaban J connectivity index is 1.22. The second kappa shape index (κ2) is 10.9. The number of carbonyl (C=O) groups is 1. The molecule has 4 rings (SSSR count). The van der Waals surface area contributed by atoms with Crippen molar-refractivity contribution in [3.63, 3.8) is 0 Å². The lowest BCUT2D eigenvalue weighted by atomic mass is 10.0. The van der Waals surface area contributed by atoms with Crippen LogP contribution in [0.15, 0.2) is 42.5 Å². The molecule has 2 atom stereocenters. The number of hydrazine groups is 1. The van der Waals surface area contributed by atoms with Crippen LogP contribution in [0.3, 0.4) is 0 Å². The van der Waals surface area contributed by atoms with E-state index in [1.807, 2.05) is 30.3 Å². The third kappa shape index (κ3) is 5.76. The Bertz CT molecular complexity index is 929. The van der Waals surface area contributed by atoms with Gasteiger partial charge in [-0.1, -0.05) is 18.2 Å². The number of rotatable bonds is 8. The molecule has 0 bridgehead atoms. The Hall–Kier alpha value is -2.81. The van der Waals surface area contributed by atoms with Crippen molar-refractivity contribution in [2.45, 2.75) is 43.9 Å². The number of hydrogen-bond acceptors (Lipinski definition) is 7. The van der Waals surface area contributed by atoms with E-state index in [2.05, 4.69) is 33.2 Å². The molecule has 2 saturated heterocycles. The standard InChI is InChI=1S/C25H34N4O4/c1-31-20-7-5-18(6-8-20)21-16-24(28-27-21)29-12-10-19(11-13-29)26-25(30)15-17-4-9-22(32-2)23(14-17)33-3/h4-9,14,19,21,24,27-28H,10-13,15-16H2,1-3H3,(H,26,30). The second-order valence-corrected chi connectivity index (χ2v) is 8.61. The van der Waals surface area contributed by atoms with Crippen molar-refractivity contribution in [3.8, 4) is 17.2 Å². The summed E-state index contributed by atoms with van der Waals surface area (Å²) in [5.41, 5.74) is 9.04. The predicted octanol–water partition coefficient (Wildman–Crippen LogP) is 2.40. The van der Waals surface area contributed by atoms with E-state index >= 15 is 0 Å². The van der Waals surface area contributed by atoms with Crippen molar-refractivity contribution in [3.05, 3.63) is 53.6 Å². The number of nitrogens with one attached hydrogen (secondary N) is 3. The summed E-state index contributed by atoms with van der Waals surface area (Å²) in [6, 6.07) is 14.3. The Labute approximate surface area is 195 Å². The van der Waals surface area contributed by atoms with Gasteiger partial charge in [0.2, 0.25) is 5.91 Å². The van der Waals surface area contributed by atoms with Gasteiger partial charge in [-0.15, -0.1) is 0 Å². The summed E-state index contributed by atoms with van der Waals surface area (Å²) in [4.78, 5) is 15.1. The van der Waals surface area contributed by atoms with E-state index in [4.69, 9.17) is 14.2 Å². The highest BCUT2D eigenvalue weighted by atomic mass is 16.5. The normalized spacial score (nSPS) is 21.5. The molecular formula is C25H34N4O4. The summed E-state index contributed by atoms with van der Waals surface area (Å²) >= 11 is 0. The van der Waals surface area contributed by atoms with Crippen molar-refractivity contribution < 1.29 is 19.0 Å². The number of piperidine rings is 1. The quantitative estimate of drug-likeness (QED) is 0.565. The van der Waals surface area contributed by atoms with Gasteiger partial charge in [0.25, 0.3) is 0 Å². The molecule has 2 fully saturated rings. The summed E-state index contributed by atoms with van der Waals surface area (Å²) in [6.45, 7) is 1.91. The summed E-state index contributed by atoms with van der Waals surface area (Å²) in [5, 5.41) is 3.20. The molecule has 2 unspecified atom stereocenters. The summed E-state index contributed by atoms with van der Waals surface area (Å²) in [6.07, 6.45) is 3.52. The molecule has 0 saturated carbocycles. The first-order valence-corrected chi connectivity index (χ1v) is 11.5. The largest absolute Gasteiger partial charge is 0.497 e. The Morgan fingerprint density at radius 2 is 1.70 bits per heavy atom. The Morgan fingerprint density at radius 3 is 2.36 bits per heavy atom. The van der Waals surface area contributed by atoms with Crippen LogP contribution in [0.5, 0.6) is 17.2 Å². The number of nitrogens with zero attached hydrogens (tertiary/aromatic N) is 1. The molecule has 33 heavy (non-hydrogen) atoms. The molecule has 1 amide bonds. The average molecular weight is 455 g/mol. The van der Waals surface area contributed by atoms with Crippen LogP contribution in [0.4, 0.5) is 0 Å². The van der Waals surface area contributed by atoms with Gasteiger partial charge >= 0.3 is 0 Å². The van der Waals surface area contributed by atoms with Crippen LogP contribution in [0, 0.1) is 0 Å². The Morgan fingerprint density at radius 1 is 0.970 bits per heavy atom. The number of benzene rings is 2. The first kappa shape index (κ1) is 23.4. The SMILES string of the molecule is COc1ccc(C2CC(N3CCC(NC(=O)Cc4ccc(OC)c(OC)c4)CC3)NN2)cc1. The average Bonchev–Trinajstić information content (AvgIpc) is 3.34. The zero-order valence-corrected chi connectivity index (χ0v) is 19.6. The van der Waals surface area contributed by atoms with Gasteiger partial charge in [0.05, 0.1) is 33.9 Å². The molecule has 0 spiro atoms. The zero-order valence-electron chi connectivity index (χ0n) is 19.6. The summed E-state index contributed by atoms with van der Waals surface area (Å²) in [7, 11) is 4.89. The van der Waals surface area contributed by atoms with Crippen molar-refractivity contribution in [1.82, 2.24) is 21.1 Å². The number of ether oxygens (including phenoxy) is 3. The summed E-state index contributed by atoms with van der Waals surface area (Å²) < 4.78 is 15.9. The van der Waals surface area contributed by atoms with E-state index in [1.165, 1.54) is 5.56 Å². The maximum Gasteiger partial charge on any atom is 0.224 e. The smallest absolute Gasteiger partial charge is 0.224 e. The van der Waals surface area contributed by atoms with Crippen LogP contribution in [0.25, 0.3) is 0 Å². The van der Waals surface area contributed by atoms with Gasteiger partial charge < -0.3 is 19.5 Å². The van der Waals surface area contributed by atoms with Crippen molar-refractivity contribution in [2.75, 3.05) is 34.4 Å². The van der Waals surface area contributed by atoms with Gasteiger partial charge in [-0.25, -0.2) is 10.9 Å². The van der Waals surface area contributed by atoms with E-state index in [0.717, 1.165) is 43.7 Å². The van der Waals surface area contributed by atoms with E-state index in [-0.39, 0.29) is 18.0 Å². The molecule has 2 aliphatic rings. The molecule has 0 aromatic heterocycles. The highest BCUT2D eigenvalue weighted by Crippen LogP contribution is 2.28. The molecule has 2 aromatic carbocycles. The molecule has 3 N–H and O–H groups in total. The molecular weight excluding hydrogens is 420 g/mol. The summed E-state index contributed by atoms with van der Waals surface area (Å²) in [5.74, 6) is 2.22. The van der Waals surface area contributed by atoms with Crippen LogP contribution in [-0.2, 0) is 11.2 Å². The van der Waals surface area contributed by atoms with Gasteiger partial charge in [0.1, 0.15) is 5.75 Å². The number of amides is 1. The fourth-order valence-corrected chi connectivity index (χ4v) is 4.64. The van der Waals surface area contributed by atoms with E-state index < -0.39 is 0 Å². The third-order valence-corrected chi connectivity index (χ3v) is 6.55. The highest BCUT2D eigenvalue weighted by molar-refractivity contribution is 5.79. The zero-order chi connectivity index (χ0) is 23.2. The van der Waals surface area contributed by atoms with Crippen LogP contribution < -0.4 is 30.4 Å². The van der Waals surface area contributed by atoms with E-state index in [1.54, 1.807) is 21.3 Å². The number of methoxy groups -OCH3 is 3. The predicted molar refractivity (Wildman–Crippen MR) is 126 cm³/mol. The van der Waals surface area contributed by atoms with Crippen LogP contribution in [0.2, 0.25) is 0 Å². The van der Waals surface area contributed by atoms with E-state index in [9.17, 15) is 4.79 Å². The minimum Gasteiger partial charge on any atom is -0.497 e.